The van der Waals surface area contributed by atoms with Gasteiger partial charge in [0.15, 0.2) is 0 Å². The number of carboxylic acids is 1. The van der Waals surface area contributed by atoms with Crippen LogP contribution in [0.3, 0.4) is 0 Å². The fourth-order valence-electron chi connectivity index (χ4n) is 3.59. The van der Waals surface area contributed by atoms with Crippen LogP contribution in [0.15, 0.2) is 0 Å². The molecule has 23 heavy (non-hydrogen) atoms. The van der Waals surface area contributed by atoms with Crippen molar-refractivity contribution < 1.29 is 14.7 Å². The van der Waals surface area contributed by atoms with Gasteiger partial charge in [-0.15, -0.1) is 0 Å². The van der Waals surface area contributed by atoms with Gasteiger partial charge in [0.05, 0.1) is 11.1 Å². The number of amides is 1. The molecule has 1 atom stereocenters. The Balaban J connectivity index is 2.13. The summed E-state index contributed by atoms with van der Waals surface area (Å²) in [4.78, 5) is 25.9. The maximum atomic E-state index is 12.6. The average molecular weight is 321 g/mol. The van der Waals surface area contributed by atoms with E-state index in [-0.39, 0.29) is 12.5 Å². The Morgan fingerprint density at radius 1 is 1.30 bits per heavy atom. The first kappa shape index (κ1) is 17.5. The number of nitrogens with zero attached hydrogens (tertiary/aromatic N) is 3. The van der Waals surface area contributed by atoms with Crippen LogP contribution in [0.1, 0.15) is 50.1 Å². The molecule has 1 amide bonds. The van der Waals surface area contributed by atoms with Gasteiger partial charge in [-0.05, 0) is 45.1 Å². The number of aliphatic carboxylic acids is 1. The first-order chi connectivity index (χ1) is 10.8. The molecular weight excluding hydrogens is 294 g/mol. The van der Waals surface area contributed by atoms with Gasteiger partial charge >= 0.3 is 5.97 Å². The molecule has 1 fully saturated rings. The van der Waals surface area contributed by atoms with Gasteiger partial charge < -0.3 is 10.0 Å². The fraction of sp³-hybridized carbons (Fsp3) is 0.706. The van der Waals surface area contributed by atoms with Crippen LogP contribution < -0.4 is 0 Å². The van der Waals surface area contributed by atoms with Crippen molar-refractivity contribution >= 4 is 11.9 Å². The average Bonchev–Trinajstić information content (AvgIpc) is 2.80. The van der Waals surface area contributed by atoms with Crippen molar-refractivity contribution in [1.29, 1.82) is 0 Å². The lowest BCUT2D eigenvalue weighted by atomic mass is 9.77. The summed E-state index contributed by atoms with van der Waals surface area (Å²) in [6.45, 7) is 9.03. The Hall–Kier alpha value is -1.85. The van der Waals surface area contributed by atoms with Crippen molar-refractivity contribution in [2.45, 2.75) is 59.9 Å². The maximum Gasteiger partial charge on any atom is 0.311 e. The van der Waals surface area contributed by atoms with E-state index in [1.54, 1.807) is 9.58 Å². The number of hydrogen-bond acceptors (Lipinski definition) is 3. The van der Waals surface area contributed by atoms with Gasteiger partial charge in [0.25, 0.3) is 0 Å². The van der Waals surface area contributed by atoms with Crippen LogP contribution in [0.4, 0.5) is 0 Å². The summed E-state index contributed by atoms with van der Waals surface area (Å²) < 4.78 is 1.75. The first-order valence-corrected chi connectivity index (χ1v) is 8.38. The molecule has 0 spiro atoms. The summed E-state index contributed by atoms with van der Waals surface area (Å²) >= 11 is 0. The molecule has 0 aliphatic carbocycles. The highest BCUT2D eigenvalue weighted by Crippen LogP contribution is 2.33. The molecule has 1 N–H and O–H groups in total. The number of hydrogen-bond donors (Lipinski definition) is 1. The van der Waals surface area contributed by atoms with Crippen molar-refractivity contribution in [3.8, 4) is 0 Å². The summed E-state index contributed by atoms with van der Waals surface area (Å²) in [5, 5.41) is 14.0. The number of carboxylic acid groups (broad SMARTS) is 1. The fourth-order valence-corrected chi connectivity index (χ4v) is 3.59. The SMILES string of the molecule is CCc1c(C)nn(CC(=O)N2CCCC(CC)(C(=O)O)C2)c1C. The Morgan fingerprint density at radius 3 is 2.52 bits per heavy atom. The summed E-state index contributed by atoms with van der Waals surface area (Å²) in [6.07, 6.45) is 2.82. The Labute approximate surface area is 137 Å². The van der Waals surface area contributed by atoms with Crippen LogP contribution >= 0.6 is 0 Å². The number of likely N-dealkylation sites (tertiary alicyclic amines) is 1. The first-order valence-electron chi connectivity index (χ1n) is 8.38. The lowest BCUT2D eigenvalue weighted by Gasteiger charge is -2.39. The summed E-state index contributed by atoms with van der Waals surface area (Å²) in [5.74, 6) is -0.839. The molecule has 0 aromatic carbocycles. The van der Waals surface area contributed by atoms with Crippen LogP contribution in [-0.4, -0.2) is 44.8 Å². The van der Waals surface area contributed by atoms with Gasteiger partial charge in [0.1, 0.15) is 6.54 Å². The Bertz CT molecular complexity index is 608. The number of piperidine rings is 1. The summed E-state index contributed by atoms with van der Waals surface area (Å²) in [7, 11) is 0. The molecule has 1 unspecified atom stereocenters. The highest BCUT2D eigenvalue weighted by atomic mass is 16.4. The second-order valence-electron chi connectivity index (χ2n) is 6.52. The van der Waals surface area contributed by atoms with Gasteiger partial charge in [-0.25, -0.2) is 0 Å². The molecular formula is C17H27N3O3. The second kappa shape index (κ2) is 6.72. The van der Waals surface area contributed by atoms with Gasteiger partial charge in [0, 0.05) is 18.8 Å². The summed E-state index contributed by atoms with van der Waals surface area (Å²) in [6, 6.07) is 0. The quantitative estimate of drug-likeness (QED) is 0.902. The van der Waals surface area contributed by atoms with Crippen LogP contribution in [0.5, 0.6) is 0 Å². The Morgan fingerprint density at radius 2 is 2.00 bits per heavy atom. The molecule has 0 saturated carbocycles. The molecule has 1 saturated heterocycles. The van der Waals surface area contributed by atoms with Gasteiger partial charge in [-0.1, -0.05) is 13.8 Å². The van der Waals surface area contributed by atoms with E-state index in [0.717, 1.165) is 24.2 Å². The number of aromatic nitrogens is 2. The molecule has 1 aromatic rings. The lowest BCUT2D eigenvalue weighted by molar-refractivity contribution is -0.155. The van der Waals surface area contributed by atoms with E-state index in [4.69, 9.17) is 0 Å². The van der Waals surface area contributed by atoms with Crippen LogP contribution in [0.25, 0.3) is 0 Å². The van der Waals surface area contributed by atoms with E-state index in [9.17, 15) is 14.7 Å². The van der Waals surface area contributed by atoms with Gasteiger partial charge in [0.2, 0.25) is 5.91 Å². The molecule has 6 heteroatoms. The number of aryl methyl sites for hydroxylation is 1. The molecule has 0 radical (unpaired) electrons. The zero-order valence-electron chi connectivity index (χ0n) is 14.6. The molecule has 6 nitrogen and oxygen atoms in total. The topological polar surface area (TPSA) is 75.4 Å². The molecule has 1 aromatic heterocycles. The monoisotopic (exact) mass is 321 g/mol. The smallest absolute Gasteiger partial charge is 0.311 e. The van der Waals surface area contributed by atoms with Crippen molar-refractivity contribution in [1.82, 2.24) is 14.7 Å². The highest BCUT2D eigenvalue weighted by Gasteiger charge is 2.42. The van der Waals surface area contributed by atoms with Gasteiger partial charge in [-0.2, -0.15) is 5.10 Å². The van der Waals surface area contributed by atoms with Crippen molar-refractivity contribution in [2.75, 3.05) is 13.1 Å². The normalized spacial score (nSPS) is 21.5. The van der Waals surface area contributed by atoms with E-state index in [2.05, 4.69) is 12.0 Å². The van der Waals surface area contributed by atoms with E-state index in [1.807, 2.05) is 20.8 Å². The molecule has 0 bridgehead atoms. The van der Waals surface area contributed by atoms with E-state index < -0.39 is 11.4 Å². The van der Waals surface area contributed by atoms with Crippen LogP contribution in [0, 0.1) is 19.3 Å². The number of carbonyl (C=O) groups excluding carboxylic acids is 1. The minimum Gasteiger partial charge on any atom is -0.481 e. The predicted molar refractivity (Wildman–Crippen MR) is 87.3 cm³/mol. The van der Waals surface area contributed by atoms with Gasteiger partial charge in [-0.3, -0.25) is 14.3 Å². The minimum atomic E-state index is -0.795. The zero-order chi connectivity index (χ0) is 17.2. The number of rotatable bonds is 5. The zero-order valence-corrected chi connectivity index (χ0v) is 14.6. The predicted octanol–water partition coefficient (Wildman–Crippen LogP) is 2.17. The molecule has 2 rings (SSSR count). The van der Waals surface area contributed by atoms with Crippen LogP contribution in [0.2, 0.25) is 0 Å². The van der Waals surface area contributed by atoms with E-state index >= 15 is 0 Å². The minimum absolute atomic E-state index is 0.0444. The largest absolute Gasteiger partial charge is 0.481 e. The van der Waals surface area contributed by atoms with Crippen molar-refractivity contribution in [3.05, 3.63) is 17.0 Å². The van der Waals surface area contributed by atoms with Crippen LogP contribution in [-0.2, 0) is 22.6 Å². The standard InChI is InChI=1S/C17H27N3O3/c1-5-14-12(3)18-20(13(14)4)10-15(21)19-9-7-8-17(6-2,11-19)16(22)23/h5-11H2,1-4H3,(H,22,23). The highest BCUT2D eigenvalue weighted by molar-refractivity contribution is 5.79. The maximum absolute atomic E-state index is 12.6. The molecule has 1 aliphatic rings. The Kier molecular flexibility index (Phi) is 5.12. The molecule has 1 aliphatic heterocycles. The third kappa shape index (κ3) is 3.26. The van der Waals surface area contributed by atoms with E-state index in [1.165, 1.54) is 5.56 Å². The van der Waals surface area contributed by atoms with Crippen molar-refractivity contribution in [2.24, 2.45) is 5.41 Å². The summed E-state index contributed by atoms with van der Waals surface area (Å²) in [5.41, 5.74) is 2.38. The lowest BCUT2D eigenvalue weighted by Crippen LogP contribution is -2.50. The molecule has 128 valence electrons. The molecule has 2 heterocycles. The number of carbonyl (C=O) groups is 2. The second-order valence-corrected chi connectivity index (χ2v) is 6.52. The third-order valence-electron chi connectivity index (χ3n) is 5.23. The van der Waals surface area contributed by atoms with Crippen molar-refractivity contribution in [3.63, 3.8) is 0 Å². The third-order valence-corrected chi connectivity index (χ3v) is 5.23. The van der Waals surface area contributed by atoms with E-state index in [0.29, 0.717) is 25.9 Å².